The number of nitro groups is 1. The predicted octanol–water partition coefficient (Wildman–Crippen LogP) is 4.62. The maximum absolute atomic E-state index is 11.0. The van der Waals surface area contributed by atoms with Gasteiger partial charge in [0.25, 0.3) is 5.69 Å². The van der Waals surface area contributed by atoms with Crippen LogP contribution in [0.1, 0.15) is 38.2 Å². The second-order valence-corrected chi connectivity index (χ2v) is 5.80. The summed E-state index contributed by atoms with van der Waals surface area (Å²) in [5, 5.41) is 11.4. The fourth-order valence-corrected chi connectivity index (χ4v) is 2.89. The third-order valence-corrected chi connectivity index (χ3v) is 4.12. The maximum Gasteiger partial charge on any atom is 0.274 e. The monoisotopic (exact) mass is 267 g/mol. The molecule has 0 atom stereocenters. The first-order chi connectivity index (χ1) is 8.56. The van der Waals surface area contributed by atoms with Gasteiger partial charge in [-0.3, -0.25) is 10.1 Å². The topological polar surface area (TPSA) is 43.1 Å². The van der Waals surface area contributed by atoms with Gasteiger partial charge in [0.2, 0.25) is 0 Å². The molecule has 98 valence electrons. The fraction of sp³-hybridized carbons (Fsp3) is 0.571. The largest absolute Gasteiger partial charge is 0.274 e. The molecule has 1 aliphatic rings. The van der Waals surface area contributed by atoms with Crippen molar-refractivity contribution < 1.29 is 4.92 Å². The normalized spacial score (nSPS) is 23.9. The molecule has 1 aromatic rings. The maximum atomic E-state index is 11.0. The first-order valence-corrected chi connectivity index (χ1v) is 6.87. The van der Waals surface area contributed by atoms with E-state index in [1.165, 1.54) is 31.7 Å². The summed E-state index contributed by atoms with van der Waals surface area (Å²) < 4.78 is 0. The van der Waals surface area contributed by atoms with Crippen LogP contribution in [0.15, 0.2) is 18.2 Å². The molecule has 4 heteroatoms. The molecule has 1 saturated carbocycles. The van der Waals surface area contributed by atoms with Gasteiger partial charge in [-0.25, -0.2) is 0 Å². The minimum atomic E-state index is -0.327. The van der Waals surface area contributed by atoms with Gasteiger partial charge in [-0.1, -0.05) is 37.4 Å². The fourth-order valence-electron chi connectivity index (χ4n) is 2.72. The SMILES string of the molecule is CC1CCC(Cc2ccc(Cl)cc2[N+](=O)[O-])CC1. The van der Waals surface area contributed by atoms with Crippen molar-refractivity contribution in [2.75, 3.05) is 0 Å². The molecule has 0 radical (unpaired) electrons. The summed E-state index contributed by atoms with van der Waals surface area (Å²) in [7, 11) is 0. The molecule has 1 aromatic carbocycles. The second kappa shape index (κ2) is 5.70. The number of benzene rings is 1. The number of nitro benzene ring substituents is 1. The molecule has 18 heavy (non-hydrogen) atoms. The van der Waals surface area contributed by atoms with Crippen molar-refractivity contribution in [2.24, 2.45) is 11.8 Å². The van der Waals surface area contributed by atoms with Crippen LogP contribution in [-0.2, 0) is 6.42 Å². The van der Waals surface area contributed by atoms with Gasteiger partial charge in [0.15, 0.2) is 0 Å². The summed E-state index contributed by atoms with van der Waals surface area (Å²) in [6.45, 7) is 2.28. The molecule has 0 unspecified atom stereocenters. The van der Waals surface area contributed by atoms with Crippen molar-refractivity contribution in [1.29, 1.82) is 0 Å². The molecule has 0 aliphatic heterocycles. The van der Waals surface area contributed by atoms with Gasteiger partial charge in [-0.05, 0) is 37.2 Å². The molecule has 3 nitrogen and oxygen atoms in total. The van der Waals surface area contributed by atoms with Gasteiger partial charge in [0.05, 0.1) is 4.92 Å². The number of nitrogens with zero attached hydrogens (tertiary/aromatic N) is 1. The van der Waals surface area contributed by atoms with E-state index in [1.807, 2.05) is 0 Å². The molecule has 0 bridgehead atoms. The Morgan fingerprint density at radius 2 is 2.00 bits per heavy atom. The minimum absolute atomic E-state index is 0.168. The molecule has 2 rings (SSSR count). The summed E-state index contributed by atoms with van der Waals surface area (Å²) >= 11 is 5.82. The number of rotatable bonds is 3. The standard InChI is InChI=1S/C14H18ClNO2/c1-10-2-4-11(5-3-10)8-12-6-7-13(15)9-14(12)16(17)18/h6-7,9-11H,2-5,8H2,1H3. The van der Waals surface area contributed by atoms with Gasteiger partial charge in [0.1, 0.15) is 0 Å². The third kappa shape index (κ3) is 3.22. The lowest BCUT2D eigenvalue weighted by Crippen LogP contribution is -2.15. The van der Waals surface area contributed by atoms with E-state index in [4.69, 9.17) is 11.6 Å². The molecule has 1 fully saturated rings. The first kappa shape index (κ1) is 13.3. The molecular formula is C14H18ClNO2. The molecule has 0 saturated heterocycles. The van der Waals surface area contributed by atoms with Crippen molar-refractivity contribution in [3.8, 4) is 0 Å². The molecule has 0 N–H and O–H groups in total. The summed E-state index contributed by atoms with van der Waals surface area (Å²) in [6.07, 6.45) is 5.65. The van der Waals surface area contributed by atoms with Crippen molar-refractivity contribution >= 4 is 17.3 Å². The number of hydrogen-bond acceptors (Lipinski definition) is 2. The van der Waals surface area contributed by atoms with E-state index in [0.717, 1.165) is 17.9 Å². The Morgan fingerprint density at radius 1 is 1.33 bits per heavy atom. The highest BCUT2D eigenvalue weighted by molar-refractivity contribution is 6.30. The van der Waals surface area contributed by atoms with E-state index in [-0.39, 0.29) is 10.6 Å². The molecule has 0 aromatic heterocycles. The molecule has 1 aliphatic carbocycles. The molecule has 0 heterocycles. The summed E-state index contributed by atoms with van der Waals surface area (Å²) in [5.41, 5.74) is 0.991. The highest BCUT2D eigenvalue weighted by atomic mass is 35.5. The molecule has 0 amide bonds. The minimum Gasteiger partial charge on any atom is -0.258 e. The van der Waals surface area contributed by atoms with Crippen LogP contribution in [0.2, 0.25) is 5.02 Å². The van der Waals surface area contributed by atoms with Crippen LogP contribution < -0.4 is 0 Å². The van der Waals surface area contributed by atoms with Crippen LogP contribution in [0.4, 0.5) is 5.69 Å². The first-order valence-electron chi connectivity index (χ1n) is 6.49. The average Bonchev–Trinajstić information content (AvgIpc) is 2.34. The predicted molar refractivity (Wildman–Crippen MR) is 72.9 cm³/mol. The van der Waals surface area contributed by atoms with Gasteiger partial charge in [-0.2, -0.15) is 0 Å². The Hall–Kier alpha value is -1.09. The van der Waals surface area contributed by atoms with Gasteiger partial charge in [-0.15, -0.1) is 0 Å². The van der Waals surface area contributed by atoms with E-state index < -0.39 is 0 Å². The van der Waals surface area contributed by atoms with Gasteiger partial charge < -0.3 is 0 Å². The van der Waals surface area contributed by atoms with Crippen LogP contribution in [0.3, 0.4) is 0 Å². The third-order valence-electron chi connectivity index (χ3n) is 3.89. The van der Waals surface area contributed by atoms with Crippen molar-refractivity contribution in [2.45, 2.75) is 39.0 Å². The van der Waals surface area contributed by atoms with Crippen molar-refractivity contribution in [3.05, 3.63) is 38.9 Å². The lowest BCUT2D eigenvalue weighted by molar-refractivity contribution is -0.385. The zero-order valence-corrected chi connectivity index (χ0v) is 11.3. The average molecular weight is 268 g/mol. The van der Waals surface area contributed by atoms with Gasteiger partial charge >= 0.3 is 0 Å². The summed E-state index contributed by atoms with van der Waals surface area (Å²) in [6, 6.07) is 5.01. The Kier molecular flexibility index (Phi) is 4.23. The molecule has 0 spiro atoms. The van der Waals surface area contributed by atoms with Crippen molar-refractivity contribution in [1.82, 2.24) is 0 Å². The quantitative estimate of drug-likeness (QED) is 0.592. The van der Waals surface area contributed by atoms with Crippen LogP contribution in [-0.4, -0.2) is 4.92 Å². The smallest absolute Gasteiger partial charge is 0.258 e. The number of hydrogen-bond donors (Lipinski definition) is 0. The Bertz CT molecular complexity index is 439. The van der Waals surface area contributed by atoms with Crippen LogP contribution in [0.5, 0.6) is 0 Å². The lowest BCUT2D eigenvalue weighted by atomic mass is 9.80. The Labute approximate surface area is 112 Å². The van der Waals surface area contributed by atoms with E-state index in [0.29, 0.717) is 10.9 Å². The Balaban J connectivity index is 2.11. The highest BCUT2D eigenvalue weighted by Crippen LogP contribution is 2.33. The lowest BCUT2D eigenvalue weighted by Gasteiger charge is -2.26. The van der Waals surface area contributed by atoms with E-state index in [9.17, 15) is 10.1 Å². The Morgan fingerprint density at radius 3 is 2.61 bits per heavy atom. The summed E-state index contributed by atoms with van der Waals surface area (Å²) in [4.78, 5) is 10.7. The van der Waals surface area contributed by atoms with Crippen LogP contribution in [0, 0.1) is 22.0 Å². The number of halogens is 1. The summed E-state index contributed by atoms with van der Waals surface area (Å²) in [5.74, 6) is 1.39. The molecular weight excluding hydrogens is 250 g/mol. The van der Waals surface area contributed by atoms with E-state index in [1.54, 1.807) is 12.1 Å². The second-order valence-electron chi connectivity index (χ2n) is 5.36. The van der Waals surface area contributed by atoms with Crippen LogP contribution in [0.25, 0.3) is 0 Å². The highest BCUT2D eigenvalue weighted by Gasteiger charge is 2.22. The van der Waals surface area contributed by atoms with Crippen LogP contribution >= 0.6 is 11.6 Å². The zero-order valence-electron chi connectivity index (χ0n) is 10.6. The van der Waals surface area contributed by atoms with E-state index >= 15 is 0 Å². The van der Waals surface area contributed by atoms with E-state index in [2.05, 4.69) is 6.92 Å². The zero-order chi connectivity index (χ0) is 13.1. The van der Waals surface area contributed by atoms with Gasteiger partial charge in [0, 0.05) is 16.7 Å². The van der Waals surface area contributed by atoms with Crippen molar-refractivity contribution in [3.63, 3.8) is 0 Å².